The molecule has 0 aromatic heterocycles. The molecule has 1 aromatic carbocycles. The monoisotopic (exact) mass is 237 g/mol. The van der Waals surface area contributed by atoms with Crippen LogP contribution in [0, 0.1) is 11.2 Å². The van der Waals surface area contributed by atoms with Gasteiger partial charge in [-0.05, 0) is 30.7 Å². The van der Waals surface area contributed by atoms with Crippen LogP contribution in [-0.4, -0.2) is 13.7 Å². The summed E-state index contributed by atoms with van der Waals surface area (Å²) >= 11 is 0. The zero-order valence-electron chi connectivity index (χ0n) is 10.6. The fraction of sp³-hybridized carbons (Fsp3) is 0.571. The maximum absolute atomic E-state index is 13.8. The van der Waals surface area contributed by atoms with Crippen molar-refractivity contribution in [3.8, 4) is 5.75 Å². The summed E-state index contributed by atoms with van der Waals surface area (Å²) in [6.07, 6.45) is 3.81. The Morgan fingerprint density at radius 2 is 2.18 bits per heavy atom. The molecule has 0 atom stereocenters. The standard InChI is InChI=1S/C14H20FNO/c1-3-14(7-8-14)10-16-9-11-5-4-6-12(17-2)13(11)15/h4-6,16H,3,7-10H2,1-2H3. The summed E-state index contributed by atoms with van der Waals surface area (Å²) in [6, 6.07) is 5.27. The van der Waals surface area contributed by atoms with Crippen LogP contribution in [0.2, 0.25) is 0 Å². The molecule has 1 fully saturated rings. The first-order chi connectivity index (χ1) is 8.21. The third-order valence-corrected chi connectivity index (χ3v) is 3.79. The minimum Gasteiger partial charge on any atom is -0.494 e. The fourth-order valence-corrected chi connectivity index (χ4v) is 2.14. The highest BCUT2D eigenvalue weighted by Gasteiger charge is 2.39. The number of methoxy groups -OCH3 is 1. The third kappa shape index (κ3) is 2.78. The van der Waals surface area contributed by atoms with E-state index in [2.05, 4.69) is 12.2 Å². The molecule has 0 aliphatic heterocycles. The van der Waals surface area contributed by atoms with Crippen LogP contribution in [-0.2, 0) is 6.54 Å². The molecular weight excluding hydrogens is 217 g/mol. The molecule has 0 amide bonds. The van der Waals surface area contributed by atoms with Crippen LogP contribution in [0.15, 0.2) is 18.2 Å². The Bertz CT molecular complexity index is 388. The van der Waals surface area contributed by atoms with E-state index in [1.807, 2.05) is 6.07 Å². The molecule has 0 spiro atoms. The van der Waals surface area contributed by atoms with E-state index in [1.54, 1.807) is 12.1 Å². The Kier molecular flexibility index (Phi) is 3.67. The van der Waals surface area contributed by atoms with Crippen molar-refractivity contribution >= 4 is 0 Å². The Morgan fingerprint density at radius 3 is 2.76 bits per heavy atom. The number of hydrogen-bond acceptors (Lipinski definition) is 2. The van der Waals surface area contributed by atoms with E-state index in [1.165, 1.54) is 26.4 Å². The van der Waals surface area contributed by atoms with Crippen LogP contribution < -0.4 is 10.1 Å². The summed E-state index contributed by atoms with van der Waals surface area (Å²) in [5.41, 5.74) is 1.17. The minimum absolute atomic E-state index is 0.246. The molecule has 0 radical (unpaired) electrons. The average molecular weight is 237 g/mol. The smallest absolute Gasteiger partial charge is 0.169 e. The van der Waals surface area contributed by atoms with Gasteiger partial charge in [-0.15, -0.1) is 0 Å². The topological polar surface area (TPSA) is 21.3 Å². The number of halogens is 1. The van der Waals surface area contributed by atoms with Crippen LogP contribution in [0.1, 0.15) is 31.7 Å². The van der Waals surface area contributed by atoms with E-state index in [0.717, 1.165) is 6.54 Å². The summed E-state index contributed by atoms with van der Waals surface area (Å²) in [7, 11) is 1.49. The molecular formula is C14H20FNO. The van der Waals surface area contributed by atoms with Crippen molar-refractivity contribution in [3.63, 3.8) is 0 Å². The fourth-order valence-electron chi connectivity index (χ4n) is 2.14. The molecule has 0 heterocycles. The van der Waals surface area contributed by atoms with Gasteiger partial charge in [0.05, 0.1) is 7.11 Å². The number of nitrogens with one attached hydrogen (secondary N) is 1. The number of rotatable bonds is 6. The highest BCUT2D eigenvalue weighted by Crippen LogP contribution is 2.47. The van der Waals surface area contributed by atoms with Crippen LogP contribution in [0.3, 0.4) is 0 Å². The quantitative estimate of drug-likeness (QED) is 0.820. The molecule has 1 aromatic rings. The first kappa shape index (κ1) is 12.4. The van der Waals surface area contributed by atoms with E-state index in [9.17, 15) is 4.39 Å². The van der Waals surface area contributed by atoms with Gasteiger partial charge in [-0.3, -0.25) is 0 Å². The van der Waals surface area contributed by atoms with Gasteiger partial charge in [-0.1, -0.05) is 19.1 Å². The van der Waals surface area contributed by atoms with E-state index in [4.69, 9.17) is 4.74 Å². The van der Waals surface area contributed by atoms with Gasteiger partial charge in [0.15, 0.2) is 11.6 Å². The normalized spacial score (nSPS) is 16.9. The van der Waals surface area contributed by atoms with Gasteiger partial charge in [0.2, 0.25) is 0 Å². The second-order valence-electron chi connectivity index (χ2n) is 4.89. The van der Waals surface area contributed by atoms with Crippen molar-refractivity contribution in [1.82, 2.24) is 5.32 Å². The van der Waals surface area contributed by atoms with Crippen molar-refractivity contribution in [2.45, 2.75) is 32.7 Å². The lowest BCUT2D eigenvalue weighted by atomic mass is 10.0. The maximum atomic E-state index is 13.8. The van der Waals surface area contributed by atoms with E-state index in [-0.39, 0.29) is 5.82 Å². The van der Waals surface area contributed by atoms with Gasteiger partial charge in [0, 0.05) is 18.7 Å². The largest absolute Gasteiger partial charge is 0.494 e. The molecule has 1 N–H and O–H groups in total. The van der Waals surface area contributed by atoms with Gasteiger partial charge in [-0.2, -0.15) is 0 Å². The van der Waals surface area contributed by atoms with Crippen LogP contribution in [0.5, 0.6) is 5.75 Å². The van der Waals surface area contributed by atoms with Crippen LogP contribution >= 0.6 is 0 Å². The Balaban J connectivity index is 1.90. The van der Waals surface area contributed by atoms with E-state index in [0.29, 0.717) is 23.3 Å². The highest BCUT2D eigenvalue weighted by atomic mass is 19.1. The van der Waals surface area contributed by atoms with Crippen molar-refractivity contribution in [2.75, 3.05) is 13.7 Å². The van der Waals surface area contributed by atoms with Crippen LogP contribution in [0.4, 0.5) is 4.39 Å². The SMILES string of the molecule is CCC1(CNCc2cccc(OC)c2F)CC1. The summed E-state index contributed by atoms with van der Waals surface area (Å²) in [5.74, 6) is 0.0739. The van der Waals surface area contributed by atoms with Crippen LogP contribution in [0.25, 0.3) is 0 Å². The van der Waals surface area contributed by atoms with Crippen molar-refractivity contribution < 1.29 is 9.13 Å². The lowest BCUT2D eigenvalue weighted by Gasteiger charge is -2.14. The van der Waals surface area contributed by atoms with Crippen molar-refractivity contribution in [3.05, 3.63) is 29.6 Å². The van der Waals surface area contributed by atoms with Gasteiger partial charge in [0.1, 0.15) is 0 Å². The average Bonchev–Trinajstić information content (AvgIpc) is 3.12. The molecule has 94 valence electrons. The molecule has 0 bridgehead atoms. The zero-order chi connectivity index (χ0) is 12.3. The van der Waals surface area contributed by atoms with E-state index < -0.39 is 0 Å². The number of hydrogen-bond donors (Lipinski definition) is 1. The van der Waals surface area contributed by atoms with Gasteiger partial charge < -0.3 is 10.1 Å². The van der Waals surface area contributed by atoms with Crippen molar-refractivity contribution in [1.29, 1.82) is 0 Å². The highest BCUT2D eigenvalue weighted by molar-refractivity contribution is 5.30. The predicted octanol–water partition coefficient (Wildman–Crippen LogP) is 3.11. The summed E-state index contributed by atoms with van der Waals surface area (Å²) < 4.78 is 18.8. The van der Waals surface area contributed by atoms with Gasteiger partial charge in [-0.25, -0.2) is 4.39 Å². The first-order valence-electron chi connectivity index (χ1n) is 6.23. The molecule has 1 aliphatic carbocycles. The molecule has 1 saturated carbocycles. The Labute approximate surface area is 102 Å². The molecule has 2 nitrogen and oxygen atoms in total. The Morgan fingerprint density at radius 1 is 1.41 bits per heavy atom. The van der Waals surface area contributed by atoms with E-state index >= 15 is 0 Å². The second kappa shape index (κ2) is 5.05. The van der Waals surface area contributed by atoms with Gasteiger partial charge >= 0.3 is 0 Å². The predicted molar refractivity (Wildman–Crippen MR) is 66.6 cm³/mol. The molecule has 3 heteroatoms. The summed E-state index contributed by atoms with van der Waals surface area (Å²) in [6.45, 7) is 3.78. The third-order valence-electron chi connectivity index (χ3n) is 3.79. The molecule has 1 aliphatic rings. The number of benzene rings is 1. The second-order valence-corrected chi connectivity index (χ2v) is 4.89. The lowest BCUT2D eigenvalue weighted by Crippen LogP contribution is -2.23. The van der Waals surface area contributed by atoms with Gasteiger partial charge in [0.25, 0.3) is 0 Å². The molecule has 0 unspecified atom stereocenters. The lowest BCUT2D eigenvalue weighted by molar-refractivity contribution is 0.381. The molecule has 2 rings (SSSR count). The first-order valence-corrected chi connectivity index (χ1v) is 6.23. The molecule has 0 saturated heterocycles. The molecule has 17 heavy (non-hydrogen) atoms. The zero-order valence-corrected chi connectivity index (χ0v) is 10.6. The minimum atomic E-state index is -0.246. The number of ether oxygens (including phenoxy) is 1. The maximum Gasteiger partial charge on any atom is 0.169 e. The summed E-state index contributed by atoms with van der Waals surface area (Å²) in [5, 5.41) is 3.35. The summed E-state index contributed by atoms with van der Waals surface area (Å²) in [4.78, 5) is 0. The van der Waals surface area contributed by atoms with Crippen molar-refractivity contribution in [2.24, 2.45) is 5.41 Å². The Hall–Kier alpha value is -1.09.